The molecule has 0 aromatic heterocycles. The molecule has 1 aliphatic heterocycles. The van der Waals surface area contributed by atoms with E-state index in [1.807, 2.05) is 24.3 Å². The van der Waals surface area contributed by atoms with E-state index in [1.165, 1.54) is 18.2 Å². The lowest BCUT2D eigenvalue weighted by atomic mass is 10.1. The number of nitrogen functional groups attached to an aromatic ring is 1. The summed E-state index contributed by atoms with van der Waals surface area (Å²) in [5.41, 5.74) is 7.94. The Morgan fingerprint density at radius 3 is 2.33 bits per heavy atom. The lowest BCUT2D eigenvalue weighted by molar-refractivity contribution is -0.385. The first kappa shape index (κ1) is 13.1. The number of hydrogen-bond donors (Lipinski definition) is 1. The van der Waals surface area contributed by atoms with Crippen LogP contribution in [0, 0.1) is 10.1 Å². The maximum absolute atomic E-state index is 12.6. The van der Waals surface area contributed by atoms with Crippen molar-refractivity contribution in [3.05, 3.63) is 69.3 Å². The van der Waals surface area contributed by atoms with Crippen LogP contribution in [0.25, 0.3) is 0 Å². The summed E-state index contributed by atoms with van der Waals surface area (Å²) >= 11 is 0. The number of hydrogen-bond acceptors (Lipinski definition) is 4. The summed E-state index contributed by atoms with van der Waals surface area (Å²) in [5, 5.41) is 11.1. The van der Waals surface area contributed by atoms with Crippen molar-refractivity contribution in [3.8, 4) is 0 Å². The quantitative estimate of drug-likeness (QED) is 0.520. The zero-order chi connectivity index (χ0) is 15.0. The van der Waals surface area contributed by atoms with E-state index in [0.29, 0.717) is 18.8 Å². The van der Waals surface area contributed by atoms with Crippen LogP contribution in [0.15, 0.2) is 42.5 Å². The number of nitro benzene ring substituents is 1. The number of carbonyl (C=O) groups excluding carboxylic acids is 1. The maximum atomic E-state index is 12.6. The normalized spacial score (nSPS) is 13.0. The Hall–Kier alpha value is -2.89. The summed E-state index contributed by atoms with van der Waals surface area (Å²) in [6.45, 7) is 0.919. The molecule has 0 bridgehead atoms. The van der Waals surface area contributed by atoms with Crippen molar-refractivity contribution in [2.24, 2.45) is 0 Å². The van der Waals surface area contributed by atoms with Gasteiger partial charge in [-0.2, -0.15) is 0 Å². The molecule has 0 aliphatic carbocycles. The Balaban J connectivity index is 1.94. The smallest absolute Gasteiger partial charge is 0.282 e. The van der Waals surface area contributed by atoms with E-state index >= 15 is 0 Å². The molecular formula is C15H13N3O3. The fourth-order valence-electron chi connectivity index (χ4n) is 2.53. The molecular weight excluding hydrogens is 270 g/mol. The van der Waals surface area contributed by atoms with Gasteiger partial charge in [0.05, 0.1) is 4.92 Å². The van der Waals surface area contributed by atoms with E-state index in [0.717, 1.165) is 11.1 Å². The third-order valence-electron chi connectivity index (χ3n) is 3.58. The zero-order valence-corrected chi connectivity index (χ0v) is 11.2. The van der Waals surface area contributed by atoms with Gasteiger partial charge in [0.25, 0.3) is 11.6 Å². The number of carbonyl (C=O) groups is 1. The minimum absolute atomic E-state index is 0.0350. The average Bonchev–Trinajstić information content (AvgIpc) is 2.89. The summed E-state index contributed by atoms with van der Waals surface area (Å²) in [6.07, 6.45) is 0. The number of anilines is 1. The molecule has 21 heavy (non-hydrogen) atoms. The molecule has 0 fully saturated rings. The van der Waals surface area contributed by atoms with Crippen molar-refractivity contribution in [1.29, 1.82) is 0 Å². The molecule has 0 saturated heterocycles. The van der Waals surface area contributed by atoms with Gasteiger partial charge in [-0.15, -0.1) is 0 Å². The van der Waals surface area contributed by atoms with E-state index in [9.17, 15) is 14.9 Å². The Morgan fingerprint density at radius 2 is 1.76 bits per heavy atom. The van der Waals surface area contributed by atoms with Crippen LogP contribution in [0.5, 0.6) is 0 Å². The maximum Gasteiger partial charge on any atom is 0.282 e. The van der Waals surface area contributed by atoms with Gasteiger partial charge in [-0.1, -0.05) is 24.3 Å². The van der Waals surface area contributed by atoms with E-state index in [1.54, 1.807) is 4.90 Å². The van der Waals surface area contributed by atoms with Gasteiger partial charge in [-0.3, -0.25) is 14.9 Å². The van der Waals surface area contributed by atoms with E-state index in [-0.39, 0.29) is 17.2 Å². The van der Waals surface area contributed by atoms with E-state index in [2.05, 4.69) is 0 Å². The third kappa shape index (κ3) is 2.31. The fraction of sp³-hybridized carbons (Fsp3) is 0.133. The second-order valence-corrected chi connectivity index (χ2v) is 4.96. The van der Waals surface area contributed by atoms with Gasteiger partial charge in [0.15, 0.2) is 0 Å². The SMILES string of the molecule is Nc1ccc([N+](=O)[O-])c(C(=O)N2Cc3ccccc3C2)c1. The molecule has 2 aromatic rings. The number of rotatable bonds is 2. The highest BCUT2D eigenvalue weighted by molar-refractivity contribution is 5.99. The molecule has 6 nitrogen and oxygen atoms in total. The van der Waals surface area contributed by atoms with E-state index in [4.69, 9.17) is 5.73 Å². The predicted octanol–water partition coefficient (Wildman–Crippen LogP) is 2.33. The van der Waals surface area contributed by atoms with Crippen LogP contribution in [-0.4, -0.2) is 15.7 Å². The van der Waals surface area contributed by atoms with Crippen LogP contribution >= 0.6 is 0 Å². The first-order valence-electron chi connectivity index (χ1n) is 6.46. The molecule has 3 rings (SSSR count). The van der Waals surface area contributed by atoms with Gasteiger partial charge in [0, 0.05) is 24.8 Å². The summed E-state index contributed by atoms with van der Waals surface area (Å²) in [4.78, 5) is 24.7. The Morgan fingerprint density at radius 1 is 1.14 bits per heavy atom. The average molecular weight is 283 g/mol. The molecule has 0 saturated carbocycles. The largest absolute Gasteiger partial charge is 0.399 e. The van der Waals surface area contributed by atoms with Crippen LogP contribution < -0.4 is 5.73 Å². The minimum Gasteiger partial charge on any atom is -0.399 e. The zero-order valence-electron chi connectivity index (χ0n) is 11.2. The molecule has 0 atom stereocenters. The number of nitrogens with zero attached hydrogens (tertiary/aromatic N) is 2. The van der Waals surface area contributed by atoms with Crippen LogP contribution in [0.1, 0.15) is 21.5 Å². The summed E-state index contributed by atoms with van der Waals surface area (Å²) in [6, 6.07) is 11.8. The Labute approximate surface area is 120 Å². The highest BCUT2D eigenvalue weighted by Crippen LogP contribution is 2.28. The number of fused-ring (bicyclic) bond motifs is 1. The highest BCUT2D eigenvalue weighted by atomic mass is 16.6. The van der Waals surface area contributed by atoms with Crippen molar-refractivity contribution in [1.82, 2.24) is 4.90 Å². The minimum atomic E-state index is -0.560. The van der Waals surface area contributed by atoms with Gasteiger partial charge >= 0.3 is 0 Å². The summed E-state index contributed by atoms with van der Waals surface area (Å²) < 4.78 is 0. The standard InChI is InChI=1S/C15H13N3O3/c16-12-5-6-14(18(20)21)13(7-12)15(19)17-8-10-3-1-2-4-11(10)9-17/h1-7H,8-9,16H2. The Bertz CT molecular complexity index is 718. The summed E-state index contributed by atoms with van der Waals surface area (Å²) in [7, 11) is 0. The van der Waals surface area contributed by atoms with Crippen LogP contribution in [0.2, 0.25) is 0 Å². The predicted molar refractivity (Wildman–Crippen MR) is 77.5 cm³/mol. The number of amides is 1. The first-order valence-corrected chi connectivity index (χ1v) is 6.46. The first-order chi connectivity index (χ1) is 10.1. The van der Waals surface area contributed by atoms with Crippen LogP contribution in [-0.2, 0) is 13.1 Å². The monoisotopic (exact) mass is 283 g/mol. The molecule has 1 aliphatic rings. The van der Waals surface area contributed by atoms with Crippen molar-refractivity contribution in [2.45, 2.75) is 13.1 Å². The topological polar surface area (TPSA) is 89.5 Å². The van der Waals surface area contributed by atoms with Gasteiger partial charge in [-0.05, 0) is 23.3 Å². The molecule has 0 radical (unpaired) electrons. The highest BCUT2D eigenvalue weighted by Gasteiger charge is 2.28. The lowest BCUT2D eigenvalue weighted by Gasteiger charge is -2.15. The van der Waals surface area contributed by atoms with Crippen molar-refractivity contribution < 1.29 is 9.72 Å². The fourth-order valence-corrected chi connectivity index (χ4v) is 2.53. The van der Waals surface area contributed by atoms with Crippen LogP contribution in [0.4, 0.5) is 11.4 Å². The third-order valence-corrected chi connectivity index (χ3v) is 3.58. The molecule has 0 unspecified atom stereocenters. The molecule has 0 spiro atoms. The second kappa shape index (κ2) is 4.90. The molecule has 106 valence electrons. The van der Waals surface area contributed by atoms with Crippen molar-refractivity contribution in [2.75, 3.05) is 5.73 Å². The van der Waals surface area contributed by atoms with Crippen molar-refractivity contribution >= 4 is 17.3 Å². The second-order valence-electron chi connectivity index (χ2n) is 4.96. The lowest BCUT2D eigenvalue weighted by Crippen LogP contribution is -2.26. The van der Waals surface area contributed by atoms with Gasteiger partial charge < -0.3 is 10.6 Å². The molecule has 6 heteroatoms. The van der Waals surface area contributed by atoms with Gasteiger partial charge in [0.2, 0.25) is 0 Å². The Kier molecular flexibility index (Phi) is 3.06. The van der Waals surface area contributed by atoms with Gasteiger partial charge in [0.1, 0.15) is 5.56 Å². The summed E-state index contributed by atoms with van der Waals surface area (Å²) in [5.74, 6) is -0.370. The van der Waals surface area contributed by atoms with Crippen molar-refractivity contribution in [3.63, 3.8) is 0 Å². The number of nitro groups is 1. The number of benzene rings is 2. The number of nitrogens with two attached hydrogens (primary N) is 1. The molecule has 2 N–H and O–H groups in total. The van der Waals surface area contributed by atoms with E-state index < -0.39 is 4.92 Å². The van der Waals surface area contributed by atoms with Gasteiger partial charge in [-0.25, -0.2) is 0 Å². The van der Waals surface area contributed by atoms with Crippen LogP contribution in [0.3, 0.4) is 0 Å². The molecule has 2 aromatic carbocycles. The molecule has 1 heterocycles. The molecule has 1 amide bonds.